The molecule has 0 aliphatic heterocycles. The summed E-state index contributed by atoms with van der Waals surface area (Å²) >= 11 is 0. The predicted octanol–water partition coefficient (Wildman–Crippen LogP) is 2.86. The molecule has 0 spiro atoms. The van der Waals surface area contributed by atoms with Crippen LogP contribution in [0.3, 0.4) is 0 Å². The zero-order valence-corrected chi connectivity index (χ0v) is 17.2. The molecule has 0 unspecified atom stereocenters. The maximum Gasteiger partial charge on any atom is 0.194 e. The molecule has 6 nitrogen and oxygen atoms in total. The fourth-order valence-corrected chi connectivity index (χ4v) is 2.76. The molecule has 7 heteroatoms. The van der Waals surface area contributed by atoms with Crippen LogP contribution >= 0.6 is 24.0 Å². The van der Waals surface area contributed by atoms with E-state index in [1.807, 2.05) is 18.5 Å². The van der Waals surface area contributed by atoms with Crippen LogP contribution in [0.5, 0.6) is 0 Å². The van der Waals surface area contributed by atoms with Crippen LogP contribution in [-0.4, -0.2) is 45.3 Å². The van der Waals surface area contributed by atoms with Crippen LogP contribution in [0.4, 0.5) is 0 Å². The summed E-state index contributed by atoms with van der Waals surface area (Å²) in [5.74, 6) is 2.84. The average Bonchev–Trinajstić information content (AvgIpc) is 3.13. The Morgan fingerprint density at radius 2 is 2.04 bits per heavy atom. The Labute approximate surface area is 157 Å². The molecule has 1 saturated carbocycles. The summed E-state index contributed by atoms with van der Waals surface area (Å²) in [5.41, 5.74) is 0. The van der Waals surface area contributed by atoms with E-state index in [1.54, 1.807) is 0 Å². The van der Waals surface area contributed by atoms with Gasteiger partial charge in [-0.15, -0.1) is 34.2 Å². The first kappa shape index (κ1) is 20.2. The minimum absolute atomic E-state index is 0. The van der Waals surface area contributed by atoms with E-state index in [0.717, 1.165) is 24.2 Å². The SMILES string of the molecule is CCCCN(C)C(=NCc1nnc(C)n1C)NC1CCCC1.I. The van der Waals surface area contributed by atoms with E-state index in [1.165, 1.54) is 38.5 Å². The Hall–Kier alpha value is -0.860. The molecule has 1 heterocycles. The van der Waals surface area contributed by atoms with Gasteiger partial charge in [0.25, 0.3) is 0 Å². The first-order valence-electron chi connectivity index (χ1n) is 8.48. The van der Waals surface area contributed by atoms with Crippen molar-refractivity contribution in [3.8, 4) is 0 Å². The van der Waals surface area contributed by atoms with Crippen molar-refractivity contribution in [3.63, 3.8) is 0 Å². The van der Waals surface area contributed by atoms with Crippen molar-refractivity contribution in [2.24, 2.45) is 12.0 Å². The van der Waals surface area contributed by atoms with E-state index < -0.39 is 0 Å². The minimum Gasteiger partial charge on any atom is -0.354 e. The Morgan fingerprint density at radius 1 is 1.35 bits per heavy atom. The summed E-state index contributed by atoms with van der Waals surface area (Å²) in [6.45, 7) is 5.79. The van der Waals surface area contributed by atoms with Crippen molar-refractivity contribution in [3.05, 3.63) is 11.6 Å². The topological polar surface area (TPSA) is 58.3 Å². The van der Waals surface area contributed by atoms with E-state index in [0.29, 0.717) is 12.6 Å². The molecule has 1 aliphatic carbocycles. The smallest absolute Gasteiger partial charge is 0.194 e. The van der Waals surface area contributed by atoms with Crippen molar-refractivity contribution >= 4 is 29.9 Å². The number of nitrogens with zero attached hydrogens (tertiary/aromatic N) is 5. The summed E-state index contributed by atoms with van der Waals surface area (Å²) in [5, 5.41) is 11.9. The third-order valence-electron chi connectivity index (χ3n) is 4.45. The molecule has 1 aliphatic rings. The molecule has 132 valence electrons. The molecule has 2 rings (SSSR count). The number of hydrogen-bond donors (Lipinski definition) is 1. The van der Waals surface area contributed by atoms with Gasteiger partial charge in [-0.25, -0.2) is 4.99 Å². The fourth-order valence-electron chi connectivity index (χ4n) is 2.76. The summed E-state index contributed by atoms with van der Waals surface area (Å²) in [6.07, 6.45) is 7.54. The molecule has 1 fully saturated rings. The number of unbranched alkanes of at least 4 members (excludes halogenated alkanes) is 1. The third kappa shape index (κ3) is 5.93. The lowest BCUT2D eigenvalue weighted by molar-refractivity contribution is 0.448. The summed E-state index contributed by atoms with van der Waals surface area (Å²) in [4.78, 5) is 7.03. The van der Waals surface area contributed by atoms with Crippen LogP contribution in [0.25, 0.3) is 0 Å². The Morgan fingerprint density at radius 3 is 2.61 bits per heavy atom. The average molecular weight is 434 g/mol. The normalized spacial score (nSPS) is 15.6. The molecule has 0 atom stereocenters. The van der Waals surface area contributed by atoms with E-state index in [4.69, 9.17) is 4.99 Å². The summed E-state index contributed by atoms with van der Waals surface area (Å²) < 4.78 is 2.00. The van der Waals surface area contributed by atoms with Crippen molar-refractivity contribution in [2.75, 3.05) is 13.6 Å². The van der Waals surface area contributed by atoms with E-state index in [9.17, 15) is 0 Å². The number of aliphatic imine (C=N–C) groups is 1. The van der Waals surface area contributed by atoms with Crippen molar-refractivity contribution in [2.45, 2.75) is 65.0 Å². The third-order valence-corrected chi connectivity index (χ3v) is 4.45. The lowest BCUT2D eigenvalue weighted by Crippen LogP contribution is -2.43. The summed E-state index contributed by atoms with van der Waals surface area (Å²) in [6, 6.07) is 0.573. The van der Waals surface area contributed by atoms with Gasteiger partial charge in [0.2, 0.25) is 0 Å². The van der Waals surface area contributed by atoms with Gasteiger partial charge in [-0.05, 0) is 26.2 Å². The second-order valence-corrected chi connectivity index (χ2v) is 6.26. The zero-order valence-electron chi connectivity index (χ0n) is 14.9. The maximum atomic E-state index is 4.79. The molecule has 0 saturated heterocycles. The highest BCUT2D eigenvalue weighted by atomic mass is 127. The molecule has 1 aromatic rings. The highest BCUT2D eigenvalue weighted by molar-refractivity contribution is 14.0. The summed E-state index contributed by atoms with van der Waals surface area (Å²) in [7, 11) is 4.11. The van der Waals surface area contributed by atoms with Crippen LogP contribution in [-0.2, 0) is 13.6 Å². The van der Waals surface area contributed by atoms with Crippen LogP contribution in [0, 0.1) is 6.92 Å². The quantitative estimate of drug-likeness (QED) is 0.425. The van der Waals surface area contributed by atoms with Gasteiger partial charge in [0.15, 0.2) is 11.8 Å². The van der Waals surface area contributed by atoms with Crippen molar-refractivity contribution in [1.82, 2.24) is 25.0 Å². The largest absolute Gasteiger partial charge is 0.354 e. The number of aryl methyl sites for hydroxylation is 1. The van der Waals surface area contributed by atoms with Gasteiger partial charge in [-0.2, -0.15) is 0 Å². The number of halogens is 1. The lowest BCUT2D eigenvalue weighted by Gasteiger charge is -2.25. The van der Waals surface area contributed by atoms with Crippen molar-refractivity contribution in [1.29, 1.82) is 0 Å². The predicted molar refractivity (Wildman–Crippen MR) is 105 cm³/mol. The number of aromatic nitrogens is 3. The number of hydrogen-bond acceptors (Lipinski definition) is 3. The van der Waals surface area contributed by atoms with E-state index in [2.05, 4.69) is 34.4 Å². The maximum absolute atomic E-state index is 4.79. The molecule has 0 radical (unpaired) electrons. The lowest BCUT2D eigenvalue weighted by atomic mass is 10.2. The van der Waals surface area contributed by atoms with E-state index >= 15 is 0 Å². The first-order valence-corrected chi connectivity index (χ1v) is 8.48. The van der Waals surface area contributed by atoms with Gasteiger partial charge in [-0.1, -0.05) is 26.2 Å². The second kappa shape index (κ2) is 10.1. The van der Waals surface area contributed by atoms with Gasteiger partial charge < -0.3 is 14.8 Å². The molecule has 0 aromatic carbocycles. The van der Waals surface area contributed by atoms with Crippen LogP contribution in [0.1, 0.15) is 57.1 Å². The van der Waals surface area contributed by atoms with Gasteiger partial charge in [0.05, 0.1) is 0 Å². The molecule has 0 bridgehead atoms. The fraction of sp³-hybridized carbons (Fsp3) is 0.812. The standard InChI is InChI=1S/C16H30N6.HI/c1-5-6-11-21(3)16(18-14-9-7-8-10-14)17-12-15-20-19-13(2)22(15)4;/h14H,5-12H2,1-4H3,(H,17,18);1H. The molecular weight excluding hydrogens is 403 g/mol. The van der Waals surface area contributed by atoms with Gasteiger partial charge in [-0.3, -0.25) is 0 Å². The zero-order chi connectivity index (χ0) is 15.9. The monoisotopic (exact) mass is 434 g/mol. The second-order valence-electron chi connectivity index (χ2n) is 6.26. The molecule has 1 N–H and O–H groups in total. The highest BCUT2D eigenvalue weighted by Crippen LogP contribution is 2.18. The Balaban J connectivity index is 0.00000264. The molecule has 23 heavy (non-hydrogen) atoms. The molecule has 1 aromatic heterocycles. The van der Waals surface area contributed by atoms with Crippen LogP contribution in [0.15, 0.2) is 4.99 Å². The van der Waals surface area contributed by atoms with Crippen LogP contribution < -0.4 is 5.32 Å². The van der Waals surface area contributed by atoms with Crippen LogP contribution in [0.2, 0.25) is 0 Å². The minimum atomic E-state index is 0. The molecular formula is C16H31IN6. The van der Waals surface area contributed by atoms with Crippen molar-refractivity contribution < 1.29 is 0 Å². The Bertz CT molecular complexity index is 493. The number of rotatable bonds is 6. The Kier molecular flexibility index (Phi) is 8.86. The van der Waals surface area contributed by atoms with Gasteiger partial charge in [0.1, 0.15) is 12.4 Å². The molecule has 0 amide bonds. The van der Waals surface area contributed by atoms with E-state index in [-0.39, 0.29) is 24.0 Å². The van der Waals surface area contributed by atoms with Gasteiger partial charge >= 0.3 is 0 Å². The number of guanidine groups is 1. The highest BCUT2D eigenvalue weighted by Gasteiger charge is 2.18. The first-order chi connectivity index (χ1) is 10.6. The van der Waals surface area contributed by atoms with Gasteiger partial charge in [0, 0.05) is 26.7 Å². The number of nitrogens with one attached hydrogen (secondary N) is 1.